The van der Waals surface area contributed by atoms with Crippen LogP contribution in [0.1, 0.15) is 36.9 Å². The van der Waals surface area contributed by atoms with Gasteiger partial charge in [-0.3, -0.25) is 4.79 Å². The molecule has 22 heavy (non-hydrogen) atoms. The Labute approximate surface area is 131 Å². The number of aromatic nitrogens is 2. The highest BCUT2D eigenvalue weighted by atomic mass is 16.2. The lowest BCUT2D eigenvalue weighted by Gasteiger charge is -2.31. The third-order valence-electron chi connectivity index (χ3n) is 4.27. The van der Waals surface area contributed by atoms with Crippen LogP contribution in [0.25, 0.3) is 11.4 Å². The van der Waals surface area contributed by atoms with Crippen LogP contribution in [-0.2, 0) is 4.79 Å². The lowest BCUT2D eigenvalue weighted by atomic mass is 9.94. The molecule has 1 fully saturated rings. The van der Waals surface area contributed by atoms with Crippen LogP contribution in [0.2, 0.25) is 0 Å². The molecule has 0 bridgehead atoms. The molecule has 0 saturated carbocycles. The first-order valence-corrected chi connectivity index (χ1v) is 7.79. The van der Waals surface area contributed by atoms with E-state index in [1.807, 2.05) is 17.2 Å². The van der Waals surface area contributed by atoms with Crippen molar-refractivity contribution in [3.8, 4) is 11.4 Å². The van der Waals surface area contributed by atoms with E-state index in [1.165, 1.54) is 5.56 Å². The monoisotopic (exact) mass is 295 g/mol. The van der Waals surface area contributed by atoms with E-state index in [4.69, 9.17) is 4.98 Å². The zero-order valence-electron chi connectivity index (χ0n) is 13.1. The van der Waals surface area contributed by atoms with Crippen molar-refractivity contribution in [2.45, 2.75) is 32.6 Å². The largest absolute Gasteiger partial charge is 0.342 e. The summed E-state index contributed by atoms with van der Waals surface area (Å²) >= 11 is 0. The number of amides is 1. The molecule has 0 radical (unpaired) electrons. The van der Waals surface area contributed by atoms with Gasteiger partial charge in [-0.2, -0.15) is 0 Å². The van der Waals surface area contributed by atoms with Gasteiger partial charge in [-0.05, 0) is 25.8 Å². The standard InChI is InChI=1S/C18H21N3O/c1-13-5-7-15(8-6-13)18-19-10-9-17(20-18)16-4-3-11-21(12-16)14(2)22/h5-10,16H,3-4,11-12H2,1-2H3/t16-/m1/s1. The van der Waals surface area contributed by atoms with Crippen LogP contribution >= 0.6 is 0 Å². The molecule has 0 aliphatic carbocycles. The molecular weight excluding hydrogens is 274 g/mol. The fraction of sp³-hybridized carbons (Fsp3) is 0.389. The minimum Gasteiger partial charge on any atom is -0.342 e. The summed E-state index contributed by atoms with van der Waals surface area (Å²) in [7, 11) is 0. The summed E-state index contributed by atoms with van der Waals surface area (Å²) in [5, 5.41) is 0. The number of piperidine rings is 1. The lowest BCUT2D eigenvalue weighted by molar-refractivity contribution is -0.130. The smallest absolute Gasteiger partial charge is 0.219 e. The Morgan fingerprint density at radius 2 is 2.00 bits per heavy atom. The second-order valence-electron chi connectivity index (χ2n) is 5.98. The minimum atomic E-state index is 0.150. The number of likely N-dealkylation sites (tertiary alicyclic amines) is 1. The lowest BCUT2D eigenvalue weighted by Crippen LogP contribution is -2.37. The molecule has 0 spiro atoms. The summed E-state index contributed by atoms with van der Waals surface area (Å²) in [5.41, 5.74) is 3.30. The molecule has 3 rings (SSSR count). The van der Waals surface area contributed by atoms with Crippen LogP contribution in [-0.4, -0.2) is 33.9 Å². The Kier molecular flexibility index (Phi) is 4.18. The van der Waals surface area contributed by atoms with Crippen LogP contribution in [0.15, 0.2) is 36.5 Å². The van der Waals surface area contributed by atoms with Crippen molar-refractivity contribution in [1.29, 1.82) is 0 Å². The number of aryl methyl sites for hydroxylation is 1. The summed E-state index contributed by atoms with van der Waals surface area (Å²) in [4.78, 5) is 22.6. The normalized spacial score (nSPS) is 18.3. The highest BCUT2D eigenvalue weighted by Gasteiger charge is 2.24. The van der Waals surface area contributed by atoms with E-state index >= 15 is 0 Å². The topological polar surface area (TPSA) is 46.1 Å². The third-order valence-corrected chi connectivity index (χ3v) is 4.27. The van der Waals surface area contributed by atoms with E-state index in [0.29, 0.717) is 5.92 Å². The van der Waals surface area contributed by atoms with Gasteiger partial charge in [0.25, 0.3) is 0 Å². The van der Waals surface area contributed by atoms with Crippen molar-refractivity contribution >= 4 is 5.91 Å². The van der Waals surface area contributed by atoms with Crippen molar-refractivity contribution in [3.63, 3.8) is 0 Å². The molecule has 114 valence electrons. The molecule has 1 aromatic heterocycles. The Balaban J connectivity index is 1.84. The molecule has 4 heteroatoms. The molecule has 2 aromatic rings. The third kappa shape index (κ3) is 3.16. The Morgan fingerprint density at radius 1 is 1.23 bits per heavy atom. The molecule has 1 saturated heterocycles. The molecule has 1 amide bonds. The summed E-state index contributed by atoms with van der Waals surface area (Å²) in [6.45, 7) is 5.33. The van der Waals surface area contributed by atoms with Crippen molar-refractivity contribution < 1.29 is 4.79 Å². The average molecular weight is 295 g/mol. The molecule has 1 aliphatic rings. The quantitative estimate of drug-likeness (QED) is 0.855. The van der Waals surface area contributed by atoms with Crippen LogP contribution < -0.4 is 0 Å². The molecule has 1 aromatic carbocycles. The minimum absolute atomic E-state index is 0.150. The van der Waals surface area contributed by atoms with Crippen molar-refractivity contribution in [2.75, 3.05) is 13.1 Å². The molecule has 1 atom stereocenters. The van der Waals surface area contributed by atoms with Gasteiger partial charge in [0.15, 0.2) is 5.82 Å². The maximum absolute atomic E-state index is 11.6. The maximum atomic E-state index is 11.6. The number of hydrogen-bond donors (Lipinski definition) is 0. The van der Waals surface area contributed by atoms with Crippen LogP contribution in [0.5, 0.6) is 0 Å². The van der Waals surface area contributed by atoms with E-state index < -0.39 is 0 Å². The van der Waals surface area contributed by atoms with E-state index in [-0.39, 0.29) is 5.91 Å². The van der Waals surface area contributed by atoms with Crippen molar-refractivity contribution in [1.82, 2.24) is 14.9 Å². The summed E-state index contributed by atoms with van der Waals surface area (Å²) in [6, 6.07) is 10.2. The van der Waals surface area contributed by atoms with Crippen molar-refractivity contribution in [2.24, 2.45) is 0 Å². The van der Waals surface area contributed by atoms with Gasteiger partial charge in [0, 0.05) is 43.4 Å². The van der Waals surface area contributed by atoms with E-state index in [9.17, 15) is 4.79 Å². The van der Waals surface area contributed by atoms with Gasteiger partial charge < -0.3 is 4.90 Å². The maximum Gasteiger partial charge on any atom is 0.219 e. The van der Waals surface area contributed by atoms with Gasteiger partial charge >= 0.3 is 0 Å². The summed E-state index contributed by atoms with van der Waals surface area (Å²) in [5.74, 6) is 1.22. The van der Waals surface area contributed by atoms with E-state index in [0.717, 1.165) is 43.0 Å². The molecule has 4 nitrogen and oxygen atoms in total. The molecule has 2 heterocycles. The predicted octanol–water partition coefficient (Wildman–Crippen LogP) is 3.18. The number of nitrogens with zero attached hydrogens (tertiary/aromatic N) is 3. The average Bonchev–Trinajstić information content (AvgIpc) is 2.56. The number of rotatable bonds is 2. The highest BCUT2D eigenvalue weighted by Crippen LogP contribution is 2.26. The zero-order valence-corrected chi connectivity index (χ0v) is 13.1. The van der Waals surface area contributed by atoms with Crippen LogP contribution in [0.3, 0.4) is 0 Å². The second-order valence-corrected chi connectivity index (χ2v) is 5.98. The van der Waals surface area contributed by atoms with Gasteiger partial charge in [0.1, 0.15) is 0 Å². The Bertz CT molecular complexity index is 666. The zero-order chi connectivity index (χ0) is 15.5. The predicted molar refractivity (Wildman–Crippen MR) is 86.4 cm³/mol. The highest BCUT2D eigenvalue weighted by molar-refractivity contribution is 5.73. The van der Waals surface area contributed by atoms with Gasteiger partial charge in [0.2, 0.25) is 5.91 Å². The first-order valence-electron chi connectivity index (χ1n) is 7.79. The van der Waals surface area contributed by atoms with Crippen molar-refractivity contribution in [3.05, 3.63) is 47.8 Å². The SMILES string of the molecule is CC(=O)N1CCC[C@@H](c2ccnc(-c3ccc(C)cc3)n2)C1. The van der Waals surface area contributed by atoms with Gasteiger partial charge in [-0.25, -0.2) is 9.97 Å². The number of hydrogen-bond acceptors (Lipinski definition) is 3. The molecule has 0 N–H and O–H groups in total. The van der Waals surface area contributed by atoms with Crippen LogP contribution in [0, 0.1) is 6.92 Å². The van der Waals surface area contributed by atoms with E-state index in [1.54, 1.807) is 6.92 Å². The Hall–Kier alpha value is -2.23. The summed E-state index contributed by atoms with van der Waals surface area (Å²) < 4.78 is 0. The van der Waals surface area contributed by atoms with Crippen LogP contribution in [0.4, 0.5) is 0 Å². The fourth-order valence-corrected chi connectivity index (χ4v) is 2.95. The van der Waals surface area contributed by atoms with Gasteiger partial charge in [0.05, 0.1) is 0 Å². The first-order chi connectivity index (χ1) is 10.6. The molecule has 0 unspecified atom stereocenters. The number of carbonyl (C=O) groups is 1. The second kappa shape index (κ2) is 6.26. The number of benzene rings is 1. The number of carbonyl (C=O) groups excluding carboxylic acids is 1. The molecule has 1 aliphatic heterocycles. The molecular formula is C18H21N3O. The Morgan fingerprint density at radius 3 is 2.73 bits per heavy atom. The van der Waals surface area contributed by atoms with Gasteiger partial charge in [-0.15, -0.1) is 0 Å². The fourth-order valence-electron chi connectivity index (χ4n) is 2.95. The first kappa shape index (κ1) is 14.7. The summed E-state index contributed by atoms with van der Waals surface area (Å²) in [6.07, 6.45) is 3.94. The van der Waals surface area contributed by atoms with E-state index in [2.05, 4.69) is 36.2 Å². The van der Waals surface area contributed by atoms with Gasteiger partial charge in [-0.1, -0.05) is 29.8 Å².